The monoisotopic (exact) mass is 263 g/mol. The van der Waals surface area contributed by atoms with Crippen molar-refractivity contribution in [3.05, 3.63) is 0 Å². The summed E-state index contributed by atoms with van der Waals surface area (Å²) in [5.41, 5.74) is 0. The van der Waals surface area contributed by atoms with E-state index in [2.05, 4.69) is 19.2 Å². The number of sulfone groups is 1. The van der Waals surface area contributed by atoms with Gasteiger partial charge in [-0.25, -0.2) is 8.42 Å². The van der Waals surface area contributed by atoms with Crippen molar-refractivity contribution in [1.82, 2.24) is 5.32 Å². The van der Waals surface area contributed by atoms with Crippen LogP contribution in [0.1, 0.15) is 39.5 Å². The van der Waals surface area contributed by atoms with E-state index >= 15 is 0 Å². The number of aliphatic hydroxyl groups is 1. The highest BCUT2D eigenvalue weighted by Crippen LogP contribution is 2.25. The van der Waals surface area contributed by atoms with Crippen molar-refractivity contribution in [3.8, 4) is 0 Å². The van der Waals surface area contributed by atoms with Crippen LogP contribution in [0.4, 0.5) is 0 Å². The van der Waals surface area contributed by atoms with Crippen molar-refractivity contribution < 1.29 is 13.5 Å². The van der Waals surface area contributed by atoms with E-state index in [-0.39, 0.29) is 23.7 Å². The zero-order valence-electron chi connectivity index (χ0n) is 10.9. The molecule has 0 aromatic carbocycles. The van der Waals surface area contributed by atoms with E-state index < -0.39 is 9.84 Å². The molecule has 1 unspecified atom stereocenters. The summed E-state index contributed by atoms with van der Waals surface area (Å²) in [6, 6.07) is 0.126. The predicted octanol–water partition coefficient (Wildman–Crippen LogP) is 0.950. The van der Waals surface area contributed by atoms with Crippen LogP contribution in [-0.2, 0) is 9.84 Å². The average Bonchev–Trinajstić information content (AvgIpc) is 2.51. The van der Waals surface area contributed by atoms with Gasteiger partial charge < -0.3 is 10.4 Å². The summed E-state index contributed by atoms with van der Waals surface area (Å²) < 4.78 is 23.8. The minimum Gasteiger partial charge on any atom is -0.396 e. The Bertz CT molecular complexity index is 314. The van der Waals surface area contributed by atoms with Crippen molar-refractivity contribution in [2.45, 2.75) is 50.8 Å². The first-order chi connectivity index (χ1) is 7.95. The number of aliphatic hydroxyl groups excluding tert-OH is 1. The van der Waals surface area contributed by atoms with Gasteiger partial charge >= 0.3 is 0 Å². The number of nitrogens with one attached hydrogen (secondary N) is 1. The molecule has 2 atom stereocenters. The van der Waals surface area contributed by atoms with Crippen molar-refractivity contribution in [2.75, 3.05) is 18.9 Å². The molecule has 1 saturated heterocycles. The van der Waals surface area contributed by atoms with Crippen LogP contribution in [0.3, 0.4) is 0 Å². The first-order valence-corrected chi connectivity index (χ1v) is 8.23. The molecule has 5 heteroatoms. The van der Waals surface area contributed by atoms with Gasteiger partial charge in [-0.2, -0.15) is 0 Å². The van der Waals surface area contributed by atoms with Gasteiger partial charge in [-0.05, 0) is 38.1 Å². The fourth-order valence-electron chi connectivity index (χ4n) is 2.27. The smallest absolute Gasteiger partial charge is 0.154 e. The maximum atomic E-state index is 11.9. The van der Waals surface area contributed by atoms with Gasteiger partial charge in [0, 0.05) is 12.6 Å². The van der Waals surface area contributed by atoms with E-state index in [1.54, 1.807) is 0 Å². The second-order valence-corrected chi connectivity index (χ2v) is 7.73. The molecule has 0 aliphatic carbocycles. The van der Waals surface area contributed by atoms with E-state index in [0.29, 0.717) is 18.8 Å². The summed E-state index contributed by atoms with van der Waals surface area (Å²) in [5.74, 6) is 0.829. The normalized spacial score (nSPS) is 27.8. The van der Waals surface area contributed by atoms with Gasteiger partial charge in [-0.1, -0.05) is 13.8 Å². The quantitative estimate of drug-likeness (QED) is 0.671. The molecule has 1 rings (SSSR count). The van der Waals surface area contributed by atoms with Crippen LogP contribution in [0.15, 0.2) is 0 Å². The zero-order chi connectivity index (χ0) is 12.9. The highest BCUT2D eigenvalue weighted by Gasteiger charge is 2.37. The third kappa shape index (κ3) is 4.94. The minimum atomic E-state index is -2.91. The molecule has 0 amide bonds. The van der Waals surface area contributed by atoms with Crippen LogP contribution >= 0.6 is 0 Å². The number of unbranched alkanes of at least 4 members (excludes halogenated alkanes) is 1. The zero-order valence-corrected chi connectivity index (χ0v) is 11.7. The van der Waals surface area contributed by atoms with Crippen LogP contribution in [0.25, 0.3) is 0 Å². The first kappa shape index (κ1) is 14.9. The standard InChI is InChI=1S/C12H25NO3S/c1-10(2)8-13-11-7-12(5-3-4-6-14)17(15,16)9-11/h10-14H,3-9H2,1-2H3/t11?,12-/m1/s1. The topological polar surface area (TPSA) is 66.4 Å². The van der Waals surface area contributed by atoms with Crippen molar-refractivity contribution in [1.29, 1.82) is 0 Å². The second-order valence-electron chi connectivity index (χ2n) is 5.41. The molecule has 1 aliphatic rings. The first-order valence-electron chi connectivity index (χ1n) is 6.51. The molecule has 1 aliphatic heterocycles. The lowest BCUT2D eigenvalue weighted by molar-refractivity contribution is 0.282. The van der Waals surface area contributed by atoms with Gasteiger partial charge in [0.1, 0.15) is 0 Å². The molecule has 0 radical (unpaired) electrons. The summed E-state index contributed by atoms with van der Waals surface area (Å²) in [6.07, 6.45) is 2.94. The summed E-state index contributed by atoms with van der Waals surface area (Å²) >= 11 is 0. The lowest BCUT2D eigenvalue weighted by Gasteiger charge is -2.13. The van der Waals surface area contributed by atoms with Crippen LogP contribution < -0.4 is 5.32 Å². The van der Waals surface area contributed by atoms with Crippen LogP contribution in [0.5, 0.6) is 0 Å². The number of hydrogen-bond donors (Lipinski definition) is 2. The Morgan fingerprint density at radius 1 is 1.35 bits per heavy atom. The van der Waals surface area contributed by atoms with Crippen LogP contribution in [0, 0.1) is 5.92 Å². The summed E-state index contributed by atoms with van der Waals surface area (Å²) in [5, 5.41) is 11.8. The molecular formula is C12H25NO3S. The Balaban J connectivity index is 2.40. The maximum Gasteiger partial charge on any atom is 0.154 e. The van der Waals surface area contributed by atoms with Crippen LogP contribution in [0.2, 0.25) is 0 Å². The van der Waals surface area contributed by atoms with Gasteiger partial charge in [-0.15, -0.1) is 0 Å². The van der Waals surface area contributed by atoms with Crippen LogP contribution in [-0.4, -0.2) is 43.7 Å². The molecule has 0 saturated carbocycles. The summed E-state index contributed by atoms with van der Waals surface area (Å²) in [6.45, 7) is 5.27. The van der Waals surface area contributed by atoms with E-state index in [4.69, 9.17) is 5.11 Å². The highest BCUT2D eigenvalue weighted by atomic mass is 32.2. The maximum absolute atomic E-state index is 11.9. The lowest BCUT2D eigenvalue weighted by Crippen LogP contribution is -2.32. The Labute approximate surface area is 105 Å². The Morgan fingerprint density at radius 2 is 2.06 bits per heavy atom. The third-order valence-electron chi connectivity index (χ3n) is 3.24. The van der Waals surface area contributed by atoms with E-state index in [1.807, 2.05) is 0 Å². The average molecular weight is 263 g/mol. The highest BCUT2D eigenvalue weighted by molar-refractivity contribution is 7.92. The van der Waals surface area contributed by atoms with Crippen molar-refractivity contribution in [3.63, 3.8) is 0 Å². The molecular weight excluding hydrogens is 238 g/mol. The van der Waals surface area contributed by atoms with Gasteiger partial charge in [-0.3, -0.25) is 0 Å². The Morgan fingerprint density at radius 3 is 2.65 bits per heavy atom. The molecule has 0 spiro atoms. The summed E-state index contributed by atoms with van der Waals surface area (Å²) in [7, 11) is -2.91. The third-order valence-corrected chi connectivity index (χ3v) is 5.55. The molecule has 102 valence electrons. The van der Waals surface area contributed by atoms with E-state index in [0.717, 1.165) is 19.4 Å². The predicted molar refractivity (Wildman–Crippen MR) is 69.8 cm³/mol. The Kier molecular flexibility index (Phi) is 5.89. The second kappa shape index (κ2) is 6.71. The molecule has 0 bridgehead atoms. The van der Waals surface area contributed by atoms with Gasteiger partial charge in [0.05, 0.1) is 11.0 Å². The van der Waals surface area contributed by atoms with Gasteiger partial charge in [0.25, 0.3) is 0 Å². The molecule has 4 nitrogen and oxygen atoms in total. The molecule has 17 heavy (non-hydrogen) atoms. The largest absolute Gasteiger partial charge is 0.396 e. The van der Waals surface area contributed by atoms with Crippen molar-refractivity contribution >= 4 is 9.84 Å². The van der Waals surface area contributed by atoms with Gasteiger partial charge in [0.15, 0.2) is 9.84 Å². The molecule has 0 aromatic heterocycles. The molecule has 0 aromatic rings. The lowest BCUT2D eigenvalue weighted by atomic mass is 10.1. The summed E-state index contributed by atoms with van der Waals surface area (Å²) in [4.78, 5) is 0. The fraction of sp³-hybridized carbons (Fsp3) is 1.00. The van der Waals surface area contributed by atoms with E-state index in [1.165, 1.54) is 0 Å². The minimum absolute atomic E-state index is 0.126. The molecule has 2 N–H and O–H groups in total. The van der Waals surface area contributed by atoms with E-state index in [9.17, 15) is 8.42 Å². The SMILES string of the molecule is CC(C)CNC1C[C@@H](CCCCO)S(=O)(=O)C1. The Hall–Kier alpha value is -0.130. The van der Waals surface area contributed by atoms with Crippen molar-refractivity contribution in [2.24, 2.45) is 5.92 Å². The molecule has 1 fully saturated rings. The van der Waals surface area contributed by atoms with Gasteiger partial charge in [0.2, 0.25) is 0 Å². The number of rotatable bonds is 7. The fourth-order valence-corrected chi connectivity index (χ4v) is 4.41. The number of hydrogen-bond acceptors (Lipinski definition) is 4. The molecule has 1 heterocycles.